The first-order valence-corrected chi connectivity index (χ1v) is 4.28. The summed E-state index contributed by atoms with van der Waals surface area (Å²) in [7, 11) is 0. The van der Waals surface area contributed by atoms with Gasteiger partial charge < -0.3 is 10.4 Å². The molecule has 0 atom stereocenters. The first-order valence-electron chi connectivity index (χ1n) is 3.43. The number of nitrogens with one attached hydrogen (secondary N) is 1. The SMILES string of the molecule is O=C(O)c1ccc(NC(=S)S)cc1. The van der Waals surface area contributed by atoms with Gasteiger partial charge in [0.25, 0.3) is 0 Å². The highest BCUT2D eigenvalue weighted by molar-refractivity contribution is 8.11. The zero-order valence-electron chi connectivity index (χ0n) is 6.52. The molecule has 0 aromatic heterocycles. The van der Waals surface area contributed by atoms with Gasteiger partial charge in [-0.2, -0.15) is 0 Å². The minimum absolute atomic E-state index is 0.246. The minimum Gasteiger partial charge on any atom is -0.478 e. The van der Waals surface area contributed by atoms with Crippen LogP contribution in [0.1, 0.15) is 10.4 Å². The summed E-state index contributed by atoms with van der Waals surface area (Å²) in [5, 5.41) is 11.4. The number of carboxylic acids is 1. The van der Waals surface area contributed by atoms with Gasteiger partial charge in [0.2, 0.25) is 0 Å². The quantitative estimate of drug-likeness (QED) is 0.519. The van der Waals surface area contributed by atoms with Crippen molar-refractivity contribution < 1.29 is 9.90 Å². The molecule has 0 heterocycles. The summed E-state index contributed by atoms with van der Waals surface area (Å²) >= 11 is 8.58. The number of carboxylic acid groups (broad SMARTS) is 1. The van der Waals surface area contributed by atoms with E-state index in [4.69, 9.17) is 17.3 Å². The van der Waals surface area contributed by atoms with E-state index in [0.717, 1.165) is 5.69 Å². The fraction of sp³-hybridized carbons (Fsp3) is 0. The summed E-state index contributed by atoms with van der Waals surface area (Å²) in [5.41, 5.74) is 0.973. The van der Waals surface area contributed by atoms with Crippen LogP contribution in [0.2, 0.25) is 0 Å². The van der Waals surface area contributed by atoms with Gasteiger partial charge in [-0.05, 0) is 24.3 Å². The van der Waals surface area contributed by atoms with Crippen LogP contribution in [0.3, 0.4) is 0 Å². The normalized spacial score (nSPS) is 9.31. The van der Waals surface area contributed by atoms with Gasteiger partial charge in [-0.15, -0.1) is 12.6 Å². The Hall–Kier alpha value is -1.07. The van der Waals surface area contributed by atoms with Gasteiger partial charge >= 0.3 is 5.97 Å². The van der Waals surface area contributed by atoms with Gasteiger partial charge in [0.15, 0.2) is 0 Å². The molecule has 0 aliphatic rings. The molecule has 0 aliphatic heterocycles. The third-order valence-electron chi connectivity index (χ3n) is 1.38. The van der Waals surface area contributed by atoms with E-state index in [1.165, 1.54) is 12.1 Å². The third kappa shape index (κ3) is 3.04. The summed E-state index contributed by atoms with van der Waals surface area (Å²) in [5.74, 6) is -0.944. The molecule has 2 N–H and O–H groups in total. The maximum absolute atomic E-state index is 10.5. The van der Waals surface area contributed by atoms with Gasteiger partial charge in [0, 0.05) is 5.69 Å². The van der Waals surface area contributed by atoms with Gasteiger partial charge in [-0.25, -0.2) is 4.79 Å². The van der Waals surface area contributed by atoms with Crippen LogP contribution in [0, 0.1) is 0 Å². The van der Waals surface area contributed by atoms with Crippen LogP contribution in [-0.2, 0) is 0 Å². The third-order valence-corrected chi connectivity index (χ3v) is 1.60. The fourth-order valence-corrected chi connectivity index (χ4v) is 1.07. The molecule has 0 saturated heterocycles. The highest BCUT2D eigenvalue weighted by atomic mass is 32.1. The molecule has 0 unspecified atom stereocenters. The molecule has 1 aromatic carbocycles. The fourth-order valence-electron chi connectivity index (χ4n) is 0.820. The van der Waals surface area contributed by atoms with Gasteiger partial charge in [-0.3, -0.25) is 0 Å². The van der Waals surface area contributed by atoms with Crippen LogP contribution in [0.5, 0.6) is 0 Å². The van der Waals surface area contributed by atoms with E-state index >= 15 is 0 Å². The molecule has 0 radical (unpaired) electrons. The van der Waals surface area contributed by atoms with Crippen LogP contribution >= 0.6 is 24.8 Å². The molecule has 0 saturated carbocycles. The summed E-state index contributed by atoms with van der Waals surface area (Å²) in [6, 6.07) is 6.26. The topological polar surface area (TPSA) is 49.3 Å². The van der Waals surface area contributed by atoms with Crippen molar-refractivity contribution in [3.05, 3.63) is 29.8 Å². The Kier molecular flexibility index (Phi) is 3.27. The number of carbonyl (C=O) groups is 1. The summed E-state index contributed by atoms with van der Waals surface area (Å²) in [6.45, 7) is 0. The molecule has 3 nitrogen and oxygen atoms in total. The number of benzene rings is 1. The summed E-state index contributed by atoms with van der Waals surface area (Å²) in [4.78, 5) is 10.5. The molecule has 0 amide bonds. The van der Waals surface area contributed by atoms with Crippen LogP contribution < -0.4 is 5.32 Å². The molecular weight excluding hydrogens is 206 g/mol. The lowest BCUT2D eigenvalue weighted by Crippen LogP contribution is -2.01. The van der Waals surface area contributed by atoms with E-state index in [1.807, 2.05) is 0 Å². The number of thiol groups is 1. The number of thiocarbonyl (C=S) groups is 1. The first-order chi connectivity index (χ1) is 6.09. The molecule has 1 rings (SSSR count). The second kappa shape index (κ2) is 4.25. The van der Waals surface area contributed by atoms with Crippen molar-refractivity contribution >= 4 is 40.8 Å². The maximum Gasteiger partial charge on any atom is 0.335 e. The zero-order valence-corrected chi connectivity index (χ0v) is 8.23. The van der Waals surface area contributed by atoms with E-state index in [0.29, 0.717) is 4.32 Å². The van der Waals surface area contributed by atoms with Crippen molar-refractivity contribution in [2.75, 3.05) is 5.32 Å². The van der Waals surface area contributed by atoms with Crippen molar-refractivity contribution in [1.29, 1.82) is 0 Å². The number of hydrogen-bond donors (Lipinski definition) is 3. The largest absolute Gasteiger partial charge is 0.478 e. The second-order valence-electron chi connectivity index (χ2n) is 2.31. The average molecular weight is 213 g/mol. The smallest absolute Gasteiger partial charge is 0.335 e. The molecule has 0 fully saturated rings. The zero-order chi connectivity index (χ0) is 9.84. The minimum atomic E-state index is -0.944. The van der Waals surface area contributed by atoms with E-state index in [9.17, 15) is 4.79 Å². The maximum atomic E-state index is 10.5. The van der Waals surface area contributed by atoms with Crippen LogP contribution in [0.15, 0.2) is 24.3 Å². The van der Waals surface area contributed by atoms with Crippen molar-refractivity contribution in [3.8, 4) is 0 Å². The Morgan fingerprint density at radius 3 is 2.31 bits per heavy atom. The van der Waals surface area contributed by atoms with Crippen molar-refractivity contribution in [2.24, 2.45) is 0 Å². The molecule has 68 valence electrons. The number of aromatic carboxylic acids is 1. The number of rotatable bonds is 2. The Bertz CT molecular complexity index is 335. The summed E-state index contributed by atoms with van der Waals surface area (Å²) < 4.78 is 0.350. The Morgan fingerprint density at radius 2 is 1.92 bits per heavy atom. The lowest BCUT2D eigenvalue weighted by molar-refractivity contribution is 0.0697. The lowest BCUT2D eigenvalue weighted by atomic mass is 10.2. The van der Waals surface area contributed by atoms with E-state index in [1.54, 1.807) is 12.1 Å². The van der Waals surface area contributed by atoms with Crippen molar-refractivity contribution in [1.82, 2.24) is 0 Å². The second-order valence-corrected chi connectivity index (χ2v) is 3.47. The Balaban J connectivity index is 2.81. The van der Waals surface area contributed by atoms with E-state index < -0.39 is 5.97 Å². The predicted octanol–water partition coefficient (Wildman–Crippen LogP) is 2.01. The van der Waals surface area contributed by atoms with Crippen LogP contribution in [0.25, 0.3) is 0 Å². The van der Waals surface area contributed by atoms with E-state index in [2.05, 4.69) is 17.9 Å². The molecule has 1 aromatic rings. The molecule has 0 bridgehead atoms. The lowest BCUT2D eigenvalue weighted by Gasteiger charge is -2.02. The Morgan fingerprint density at radius 1 is 1.38 bits per heavy atom. The van der Waals surface area contributed by atoms with Crippen LogP contribution in [0.4, 0.5) is 5.69 Å². The molecular formula is C8H7NO2S2. The van der Waals surface area contributed by atoms with Gasteiger partial charge in [0.1, 0.15) is 4.32 Å². The molecule has 13 heavy (non-hydrogen) atoms. The predicted molar refractivity (Wildman–Crippen MR) is 58.6 cm³/mol. The van der Waals surface area contributed by atoms with Crippen LogP contribution in [-0.4, -0.2) is 15.4 Å². The first kappa shape index (κ1) is 10.0. The molecule has 0 aliphatic carbocycles. The highest BCUT2D eigenvalue weighted by Crippen LogP contribution is 2.10. The van der Waals surface area contributed by atoms with Gasteiger partial charge in [0.05, 0.1) is 5.56 Å². The van der Waals surface area contributed by atoms with E-state index in [-0.39, 0.29) is 5.56 Å². The average Bonchev–Trinajstić information content (AvgIpc) is 2.04. The number of anilines is 1. The standard InChI is InChI=1S/C8H7NO2S2/c10-7(11)5-1-3-6(4-2-5)9-8(12)13/h1-4H,(H,10,11)(H2,9,12,13). The highest BCUT2D eigenvalue weighted by Gasteiger charge is 2.01. The summed E-state index contributed by atoms with van der Waals surface area (Å²) in [6.07, 6.45) is 0. The molecule has 5 heteroatoms. The van der Waals surface area contributed by atoms with Crippen molar-refractivity contribution in [3.63, 3.8) is 0 Å². The number of hydrogen-bond acceptors (Lipinski definition) is 2. The van der Waals surface area contributed by atoms with Gasteiger partial charge in [-0.1, -0.05) is 12.2 Å². The Labute approximate surface area is 86.2 Å². The van der Waals surface area contributed by atoms with Crippen molar-refractivity contribution in [2.45, 2.75) is 0 Å². The monoisotopic (exact) mass is 213 g/mol. The molecule has 0 spiro atoms.